The normalized spacial score (nSPS) is 11.0. The lowest BCUT2D eigenvalue weighted by atomic mass is 10.3. The summed E-state index contributed by atoms with van der Waals surface area (Å²) in [5.41, 5.74) is 1.24. The molecule has 0 aliphatic heterocycles. The first-order chi connectivity index (χ1) is 14.4. The smallest absolute Gasteiger partial charge is 0.261 e. The van der Waals surface area contributed by atoms with Gasteiger partial charge in [0.25, 0.3) is 10.0 Å². The Balaban J connectivity index is 1.69. The first kappa shape index (κ1) is 21.4. The van der Waals surface area contributed by atoms with Gasteiger partial charge < -0.3 is 15.4 Å². The van der Waals surface area contributed by atoms with Crippen LogP contribution in [0.15, 0.2) is 59.5 Å². The number of rotatable bonds is 9. The van der Waals surface area contributed by atoms with Gasteiger partial charge in [0.15, 0.2) is 0 Å². The Labute approximate surface area is 176 Å². The fourth-order valence-corrected chi connectivity index (χ4v) is 3.83. The van der Waals surface area contributed by atoms with Crippen molar-refractivity contribution < 1.29 is 13.2 Å². The third-order valence-electron chi connectivity index (χ3n) is 4.05. The highest BCUT2D eigenvalue weighted by molar-refractivity contribution is 7.92. The number of sulfonamides is 1. The molecule has 3 aromatic rings. The molecule has 158 valence electrons. The minimum Gasteiger partial charge on any atom is -0.494 e. The minimum absolute atomic E-state index is 0.167. The van der Waals surface area contributed by atoms with Gasteiger partial charge in [-0.25, -0.2) is 18.4 Å². The summed E-state index contributed by atoms with van der Waals surface area (Å²) in [6, 6.07) is 15.1. The summed E-state index contributed by atoms with van der Waals surface area (Å²) >= 11 is 0. The molecule has 1 aromatic heterocycles. The number of aryl methyl sites for hydroxylation is 1. The molecule has 0 fully saturated rings. The summed E-state index contributed by atoms with van der Waals surface area (Å²) in [6.07, 6.45) is 0. The van der Waals surface area contributed by atoms with Gasteiger partial charge in [-0.05, 0) is 69.3 Å². The van der Waals surface area contributed by atoms with Crippen LogP contribution in [0.1, 0.15) is 19.7 Å². The van der Waals surface area contributed by atoms with E-state index >= 15 is 0 Å². The van der Waals surface area contributed by atoms with Crippen molar-refractivity contribution in [2.45, 2.75) is 25.7 Å². The monoisotopic (exact) mass is 427 g/mol. The van der Waals surface area contributed by atoms with E-state index < -0.39 is 10.0 Å². The van der Waals surface area contributed by atoms with Gasteiger partial charge >= 0.3 is 0 Å². The van der Waals surface area contributed by atoms with E-state index in [0.717, 1.165) is 18.1 Å². The molecule has 0 amide bonds. The number of anilines is 4. The van der Waals surface area contributed by atoms with Crippen LogP contribution in [-0.4, -0.2) is 31.5 Å². The molecule has 2 aromatic carbocycles. The Bertz CT molecular complexity index is 1080. The second-order valence-electron chi connectivity index (χ2n) is 6.43. The lowest BCUT2D eigenvalue weighted by Crippen LogP contribution is -2.12. The molecule has 3 rings (SSSR count). The quantitative estimate of drug-likeness (QED) is 0.471. The zero-order valence-corrected chi connectivity index (χ0v) is 18.0. The summed E-state index contributed by atoms with van der Waals surface area (Å²) in [4.78, 5) is 8.85. The Hall–Kier alpha value is -3.33. The van der Waals surface area contributed by atoms with Crippen molar-refractivity contribution in [2.75, 3.05) is 28.5 Å². The number of nitrogens with one attached hydrogen (secondary N) is 3. The maximum atomic E-state index is 12.6. The second kappa shape index (κ2) is 9.45. The zero-order chi connectivity index (χ0) is 21.6. The van der Waals surface area contributed by atoms with Crippen molar-refractivity contribution in [1.29, 1.82) is 0 Å². The Morgan fingerprint density at radius 1 is 0.900 bits per heavy atom. The van der Waals surface area contributed by atoms with Crippen molar-refractivity contribution in [1.82, 2.24) is 9.97 Å². The number of benzene rings is 2. The van der Waals surface area contributed by atoms with Crippen molar-refractivity contribution >= 4 is 33.0 Å². The second-order valence-corrected chi connectivity index (χ2v) is 8.11. The van der Waals surface area contributed by atoms with Crippen LogP contribution in [0, 0.1) is 6.92 Å². The molecule has 9 heteroatoms. The van der Waals surface area contributed by atoms with Crippen molar-refractivity contribution in [2.24, 2.45) is 0 Å². The van der Waals surface area contributed by atoms with E-state index in [0.29, 0.717) is 29.7 Å². The van der Waals surface area contributed by atoms with Crippen LogP contribution in [0.25, 0.3) is 0 Å². The summed E-state index contributed by atoms with van der Waals surface area (Å²) < 4.78 is 33.1. The number of ether oxygens (including phenoxy) is 1. The molecule has 0 unspecified atom stereocenters. The zero-order valence-electron chi connectivity index (χ0n) is 17.1. The standard InChI is InChI=1S/C21H25N5O3S/c1-4-22-20-14-21(24-15(3)23-20)25-16-6-8-17(9-7-16)26-30(27,28)19-12-10-18(11-13-19)29-5-2/h6-14,26H,4-5H2,1-3H3,(H2,22,23,24,25). The fraction of sp³-hybridized carbons (Fsp3) is 0.238. The highest BCUT2D eigenvalue weighted by Crippen LogP contribution is 2.22. The van der Waals surface area contributed by atoms with Crippen LogP contribution in [0.2, 0.25) is 0 Å². The summed E-state index contributed by atoms with van der Waals surface area (Å²) in [5.74, 6) is 2.67. The lowest BCUT2D eigenvalue weighted by molar-refractivity contribution is 0.340. The summed E-state index contributed by atoms with van der Waals surface area (Å²) in [7, 11) is -3.69. The maximum Gasteiger partial charge on any atom is 0.261 e. The highest BCUT2D eigenvalue weighted by atomic mass is 32.2. The SMILES string of the molecule is CCNc1cc(Nc2ccc(NS(=O)(=O)c3ccc(OCC)cc3)cc2)nc(C)n1. The molecule has 30 heavy (non-hydrogen) atoms. The number of hydrogen-bond donors (Lipinski definition) is 3. The number of nitrogens with zero attached hydrogens (tertiary/aromatic N) is 2. The number of hydrogen-bond acceptors (Lipinski definition) is 7. The van der Waals surface area contributed by atoms with Crippen LogP contribution in [0.3, 0.4) is 0 Å². The first-order valence-electron chi connectivity index (χ1n) is 9.62. The van der Waals surface area contributed by atoms with Crippen LogP contribution < -0.4 is 20.1 Å². The maximum absolute atomic E-state index is 12.6. The largest absolute Gasteiger partial charge is 0.494 e. The van der Waals surface area contributed by atoms with E-state index in [1.54, 1.807) is 36.4 Å². The third-order valence-corrected chi connectivity index (χ3v) is 5.45. The minimum atomic E-state index is -3.69. The topological polar surface area (TPSA) is 105 Å². The van der Waals surface area contributed by atoms with Gasteiger partial charge in [-0.1, -0.05) is 0 Å². The van der Waals surface area contributed by atoms with Gasteiger partial charge in [0, 0.05) is 24.0 Å². The number of aromatic nitrogens is 2. The van der Waals surface area contributed by atoms with E-state index in [4.69, 9.17) is 4.74 Å². The van der Waals surface area contributed by atoms with E-state index in [9.17, 15) is 8.42 Å². The van der Waals surface area contributed by atoms with Crippen molar-refractivity contribution in [3.05, 3.63) is 60.4 Å². The molecule has 0 saturated carbocycles. The predicted molar refractivity (Wildman–Crippen MR) is 119 cm³/mol. The van der Waals surface area contributed by atoms with Gasteiger partial charge in [0.1, 0.15) is 23.2 Å². The summed E-state index contributed by atoms with van der Waals surface area (Å²) in [6.45, 7) is 6.98. The average molecular weight is 428 g/mol. The van der Waals surface area contributed by atoms with Crippen LogP contribution >= 0.6 is 0 Å². The third kappa shape index (κ3) is 5.60. The van der Waals surface area contributed by atoms with Crippen LogP contribution in [0.4, 0.5) is 23.0 Å². The van der Waals surface area contributed by atoms with Gasteiger partial charge in [-0.3, -0.25) is 4.72 Å². The molecule has 0 spiro atoms. The van der Waals surface area contributed by atoms with Crippen LogP contribution in [-0.2, 0) is 10.0 Å². The molecule has 0 atom stereocenters. The van der Waals surface area contributed by atoms with E-state index in [-0.39, 0.29) is 4.90 Å². The fourth-order valence-electron chi connectivity index (χ4n) is 2.77. The van der Waals surface area contributed by atoms with Gasteiger partial charge in [-0.15, -0.1) is 0 Å². The predicted octanol–water partition coefficient (Wildman–Crippen LogP) is 4.16. The molecule has 0 radical (unpaired) electrons. The van der Waals surface area contributed by atoms with Crippen LogP contribution in [0.5, 0.6) is 5.75 Å². The van der Waals surface area contributed by atoms with Gasteiger partial charge in [0.2, 0.25) is 0 Å². The Morgan fingerprint density at radius 2 is 1.53 bits per heavy atom. The summed E-state index contributed by atoms with van der Waals surface area (Å²) in [5, 5.41) is 6.36. The Kier molecular flexibility index (Phi) is 6.73. The molecule has 1 heterocycles. The molecule has 0 aliphatic rings. The van der Waals surface area contributed by atoms with Crippen molar-refractivity contribution in [3.63, 3.8) is 0 Å². The van der Waals surface area contributed by atoms with E-state index in [1.807, 2.05) is 26.8 Å². The van der Waals surface area contributed by atoms with Gasteiger partial charge in [0.05, 0.1) is 11.5 Å². The van der Waals surface area contributed by atoms with E-state index in [2.05, 4.69) is 25.3 Å². The molecule has 0 saturated heterocycles. The first-order valence-corrected chi connectivity index (χ1v) is 11.1. The molecular formula is C21H25N5O3S. The Morgan fingerprint density at radius 3 is 2.17 bits per heavy atom. The highest BCUT2D eigenvalue weighted by Gasteiger charge is 2.14. The van der Waals surface area contributed by atoms with Gasteiger partial charge in [-0.2, -0.15) is 0 Å². The van der Waals surface area contributed by atoms with E-state index in [1.165, 1.54) is 12.1 Å². The molecule has 0 bridgehead atoms. The van der Waals surface area contributed by atoms with Crippen molar-refractivity contribution in [3.8, 4) is 5.75 Å². The molecule has 0 aliphatic carbocycles. The molecule has 3 N–H and O–H groups in total. The average Bonchev–Trinajstić information content (AvgIpc) is 2.70. The molecular weight excluding hydrogens is 402 g/mol. The molecule has 8 nitrogen and oxygen atoms in total. The lowest BCUT2D eigenvalue weighted by Gasteiger charge is -2.11.